The molecule has 2 aromatic rings. The number of amides is 1. The van der Waals surface area contributed by atoms with E-state index >= 15 is 0 Å². The first-order valence-electron chi connectivity index (χ1n) is 6.32. The third-order valence-corrected chi connectivity index (χ3v) is 2.99. The molecule has 0 aliphatic rings. The molecule has 1 aromatic heterocycles. The summed E-state index contributed by atoms with van der Waals surface area (Å²) in [5, 5.41) is 7.04. The van der Waals surface area contributed by atoms with Crippen molar-refractivity contribution in [1.82, 2.24) is 9.78 Å². The van der Waals surface area contributed by atoms with E-state index in [-0.39, 0.29) is 5.91 Å². The van der Waals surface area contributed by atoms with Gasteiger partial charge in [0.1, 0.15) is 5.75 Å². The van der Waals surface area contributed by atoms with Crippen molar-refractivity contribution < 1.29 is 9.53 Å². The van der Waals surface area contributed by atoms with E-state index in [1.54, 1.807) is 43.2 Å². The Labute approximate surface area is 117 Å². The van der Waals surface area contributed by atoms with Gasteiger partial charge >= 0.3 is 0 Å². The zero-order chi connectivity index (χ0) is 14.7. The van der Waals surface area contributed by atoms with Crippen LogP contribution in [0.4, 0.5) is 11.4 Å². The van der Waals surface area contributed by atoms with Crippen LogP contribution in [-0.2, 0) is 13.5 Å². The number of carbonyl (C=O) groups excluding carboxylic acids is 1. The van der Waals surface area contributed by atoms with Crippen molar-refractivity contribution in [1.29, 1.82) is 0 Å². The van der Waals surface area contributed by atoms with Gasteiger partial charge in [0.05, 0.1) is 29.7 Å². The van der Waals surface area contributed by atoms with Gasteiger partial charge in [0.25, 0.3) is 5.91 Å². The molecule has 3 N–H and O–H groups in total. The lowest BCUT2D eigenvalue weighted by Crippen LogP contribution is -2.14. The van der Waals surface area contributed by atoms with Gasteiger partial charge in [-0.05, 0) is 18.6 Å². The van der Waals surface area contributed by atoms with E-state index in [1.807, 2.05) is 6.92 Å². The van der Waals surface area contributed by atoms with Crippen molar-refractivity contribution in [2.75, 3.05) is 18.2 Å². The maximum atomic E-state index is 12.3. The van der Waals surface area contributed by atoms with Crippen LogP contribution in [0.2, 0.25) is 0 Å². The highest BCUT2D eigenvalue weighted by molar-refractivity contribution is 6.06. The summed E-state index contributed by atoms with van der Waals surface area (Å²) in [7, 11) is 3.35. The highest BCUT2D eigenvalue weighted by atomic mass is 16.5. The molecule has 0 aliphatic carbocycles. The molecular formula is C14H18N4O2. The number of anilines is 2. The minimum Gasteiger partial charge on any atom is -0.497 e. The quantitative estimate of drug-likeness (QED) is 0.833. The van der Waals surface area contributed by atoms with Crippen molar-refractivity contribution in [2.45, 2.75) is 13.3 Å². The molecular weight excluding hydrogens is 256 g/mol. The number of benzene rings is 1. The lowest BCUT2D eigenvalue weighted by atomic mass is 10.2. The van der Waals surface area contributed by atoms with E-state index in [4.69, 9.17) is 10.5 Å². The van der Waals surface area contributed by atoms with Gasteiger partial charge in [-0.1, -0.05) is 6.92 Å². The number of nitrogens with zero attached hydrogens (tertiary/aromatic N) is 2. The molecule has 0 radical (unpaired) electrons. The van der Waals surface area contributed by atoms with Crippen LogP contribution in [0.5, 0.6) is 5.75 Å². The highest BCUT2D eigenvalue weighted by Gasteiger charge is 2.15. The first-order chi connectivity index (χ1) is 9.55. The maximum Gasteiger partial charge on any atom is 0.259 e. The Morgan fingerprint density at radius 1 is 1.50 bits per heavy atom. The van der Waals surface area contributed by atoms with Crippen LogP contribution in [0.3, 0.4) is 0 Å². The molecule has 0 saturated carbocycles. The Morgan fingerprint density at radius 3 is 2.90 bits per heavy atom. The number of aromatic nitrogens is 2. The zero-order valence-electron chi connectivity index (χ0n) is 11.8. The Morgan fingerprint density at radius 2 is 2.25 bits per heavy atom. The fraction of sp³-hybridized carbons (Fsp3) is 0.286. The van der Waals surface area contributed by atoms with Gasteiger partial charge in [0.2, 0.25) is 0 Å². The number of methoxy groups -OCH3 is 1. The average Bonchev–Trinajstić information content (AvgIpc) is 2.82. The summed E-state index contributed by atoms with van der Waals surface area (Å²) in [4.78, 5) is 12.3. The summed E-state index contributed by atoms with van der Waals surface area (Å²) in [5.74, 6) is 0.409. The number of nitrogens with two attached hydrogens (primary N) is 1. The molecule has 1 heterocycles. The van der Waals surface area contributed by atoms with E-state index in [1.165, 1.54) is 0 Å². The van der Waals surface area contributed by atoms with Gasteiger partial charge in [0.15, 0.2) is 0 Å². The van der Waals surface area contributed by atoms with Crippen LogP contribution < -0.4 is 15.8 Å². The number of hydrogen-bond acceptors (Lipinski definition) is 4. The molecule has 0 fully saturated rings. The van der Waals surface area contributed by atoms with Crippen molar-refractivity contribution in [3.63, 3.8) is 0 Å². The summed E-state index contributed by atoms with van der Waals surface area (Å²) in [6, 6.07) is 5.13. The number of ether oxygens (including phenoxy) is 1. The smallest absolute Gasteiger partial charge is 0.259 e. The normalized spacial score (nSPS) is 10.3. The Hall–Kier alpha value is -2.50. The molecule has 0 bridgehead atoms. The zero-order valence-corrected chi connectivity index (χ0v) is 11.8. The second-order valence-electron chi connectivity index (χ2n) is 4.42. The topological polar surface area (TPSA) is 82.2 Å². The molecule has 6 nitrogen and oxygen atoms in total. The lowest BCUT2D eigenvalue weighted by molar-refractivity contribution is 0.102. The number of nitrogen functional groups attached to an aromatic ring is 1. The molecule has 0 aliphatic heterocycles. The van der Waals surface area contributed by atoms with Gasteiger partial charge in [-0.15, -0.1) is 0 Å². The Balaban J connectivity index is 2.27. The minimum atomic E-state index is -0.227. The minimum absolute atomic E-state index is 0.227. The first kappa shape index (κ1) is 13.9. The van der Waals surface area contributed by atoms with Crippen LogP contribution >= 0.6 is 0 Å². The summed E-state index contributed by atoms with van der Waals surface area (Å²) >= 11 is 0. The fourth-order valence-corrected chi connectivity index (χ4v) is 1.95. The van der Waals surface area contributed by atoms with E-state index < -0.39 is 0 Å². The molecule has 0 unspecified atom stereocenters. The molecule has 6 heteroatoms. The van der Waals surface area contributed by atoms with Crippen molar-refractivity contribution >= 4 is 17.3 Å². The standard InChI is InChI=1S/C14H18N4O2/c1-4-12-10(8-18(2)17-12)14(19)16-13-7-9(20-3)5-6-11(13)15/h5-8H,4,15H2,1-3H3,(H,16,19). The third-order valence-electron chi connectivity index (χ3n) is 2.99. The molecule has 0 saturated heterocycles. The molecule has 1 aromatic carbocycles. The Kier molecular flexibility index (Phi) is 3.93. The summed E-state index contributed by atoms with van der Waals surface area (Å²) < 4.78 is 6.75. The lowest BCUT2D eigenvalue weighted by Gasteiger charge is -2.09. The van der Waals surface area contributed by atoms with Gasteiger partial charge < -0.3 is 15.8 Å². The molecule has 1 amide bonds. The third kappa shape index (κ3) is 2.74. The SMILES string of the molecule is CCc1nn(C)cc1C(=O)Nc1cc(OC)ccc1N. The Bertz CT molecular complexity index is 634. The van der Waals surface area contributed by atoms with Crippen molar-refractivity contribution in [3.8, 4) is 5.75 Å². The highest BCUT2D eigenvalue weighted by Crippen LogP contribution is 2.25. The van der Waals surface area contributed by atoms with Gasteiger partial charge in [0, 0.05) is 19.3 Å². The second kappa shape index (κ2) is 5.64. The second-order valence-corrected chi connectivity index (χ2v) is 4.42. The van der Waals surface area contributed by atoms with E-state index in [0.29, 0.717) is 29.1 Å². The van der Waals surface area contributed by atoms with Crippen molar-refractivity contribution in [3.05, 3.63) is 35.7 Å². The van der Waals surface area contributed by atoms with Gasteiger partial charge in [-0.25, -0.2) is 0 Å². The van der Waals surface area contributed by atoms with Crippen LogP contribution in [0, 0.1) is 0 Å². The van der Waals surface area contributed by atoms with Gasteiger partial charge in [-0.3, -0.25) is 9.48 Å². The number of rotatable bonds is 4. The van der Waals surface area contributed by atoms with Gasteiger partial charge in [-0.2, -0.15) is 5.10 Å². The molecule has 106 valence electrons. The predicted molar refractivity (Wildman–Crippen MR) is 77.9 cm³/mol. The number of hydrogen-bond donors (Lipinski definition) is 2. The summed E-state index contributed by atoms with van der Waals surface area (Å²) in [5.41, 5.74) is 8.18. The number of aryl methyl sites for hydroxylation is 2. The van der Waals surface area contributed by atoms with Crippen LogP contribution in [-0.4, -0.2) is 22.8 Å². The molecule has 20 heavy (non-hydrogen) atoms. The van der Waals surface area contributed by atoms with Crippen LogP contribution in [0.25, 0.3) is 0 Å². The summed E-state index contributed by atoms with van der Waals surface area (Å²) in [6.07, 6.45) is 2.39. The molecule has 2 rings (SSSR count). The average molecular weight is 274 g/mol. The summed E-state index contributed by atoms with van der Waals surface area (Å²) in [6.45, 7) is 1.96. The van der Waals surface area contributed by atoms with Crippen LogP contribution in [0.15, 0.2) is 24.4 Å². The van der Waals surface area contributed by atoms with Crippen molar-refractivity contribution in [2.24, 2.45) is 7.05 Å². The molecule has 0 atom stereocenters. The first-order valence-corrected chi connectivity index (χ1v) is 6.32. The van der Waals surface area contributed by atoms with E-state index in [0.717, 1.165) is 5.69 Å². The van der Waals surface area contributed by atoms with Crippen LogP contribution in [0.1, 0.15) is 23.0 Å². The largest absolute Gasteiger partial charge is 0.497 e. The predicted octanol–water partition coefficient (Wildman–Crippen LogP) is 1.83. The maximum absolute atomic E-state index is 12.3. The van der Waals surface area contributed by atoms with E-state index in [2.05, 4.69) is 10.4 Å². The monoisotopic (exact) mass is 274 g/mol. The van der Waals surface area contributed by atoms with E-state index in [9.17, 15) is 4.79 Å². The number of nitrogens with one attached hydrogen (secondary N) is 1. The fourth-order valence-electron chi connectivity index (χ4n) is 1.95. The number of carbonyl (C=O) groups is 1. The molecule has 0 spiro atoms.